The first-order valence-corrected chi connectivity index (χ1v) is 4.89. The molecule has 0 aliphatic rings. The van der Waals surface area contributed by atoms with Gasteiger partial charge in [0.05, 0.1) is 18.3 Å². The molecule has 0 saturated carbocycles. The van der Waals surface area contributed by atoms with Gasteiger partial charge in [-0.05, 0) is 26.8 Å². The highest BCUT2D eigenvalue weighted by molar-refractivity contribution is 5.76. The van der Waals surface area contributed by atoms with Crippen LogP contribution in [0.1, 0.15) is 36.8 Å². The van der Waals surface area contributed by atoms with E-state index in [0.717, 1.165) is 0 Å². The summed E-state index contributed by atoms with van der Waals surface area (Å²) < 4.78 is 5.12. The van der Waals surface area contributed by atoms with Crippen molar-refractivity contribution >= 4 is 12.3 Å². The topological polar surface area (TPSA) is 69.2 Å². The summed E-state index contributed by atoms with van der Waals surface area (Å²) in [6.07, 6.45) is 2.02. The van der Waals surface area contributed by atoms with Crippen LogP contribution in [0.25, 0.3) is 0 Å². The Hall–Kier alpha value is -1.78. The molecule has 0 aromatic carbocycles. The third-order valence-electron chi connectivity index (χ3n) is 1.61. The molecule has 0 fully saturated rings. The molecule has 1 heterocycles. The van der Waals surface area contributed by atoms with E-state index in [1.807, 2.05) is 0 Å². The first kappa shape index (κ1) is 12.3. The zero-order chi connectivity index (χ0) is 12.2. The van der Waals surface area contributed by atoms with Crippen molar-refractivity contribution in [2.45, 2.75) is 32.8 Å². The highest BCUT2D eigenvalue weighted by Gasteiger charge is 2.17. The molecule has 0 bridgehead atoms. The van der Waals surface area contributed by atoms with E-state index in [1.165, 1.54) is 12.3 Å². The van der Waals surface area contributed by atoms with Gasteiger partial charge >= 0.3 is 5.97 Å². The lowest BCUT2D eigenvalue weighted by molar-refractivity contribution is -0.154. The predicted octanol–water partition coefficient (Wildman–Crippen LogP) is 1.17. The average Bonchev–Trinajstić information content (AvgIpc) is 2.15. The van der Waals surface area contributed by atoms with Crippen molar-refractivity contribution in [3.05, 3.63) is 23.5 Å². The summed E-state index contributed by atoms with van der Waals surface area (Å²) in [7, 11) is 0. The van der Waals surface area contributed by atoms with Crippen LogP contribution in [-0.4, -0.2) is 28.1 Å². The van der Waals surface area contributed by atoms with E-state index in [2.05, 4.69) is 10.2 Å². The Morgan fingerprint density at radius 1 is 1.50 bits per heavy atom. The lowest BCUT2D eigenvalue weighted by Gasteiger charge is -2.19. The van der Waals surface area contributed by atoms with E-state index in [9.17, 15) is 9.59 Å². The number of hydrogen-bond acceptors (Lipinski definition) is 5. The summed E-state index contributed by atoms with van der Waals surface area (Å²) in [6.45, 7) is 5.37. The van der Waals surface area contributed by atoms with Crippen LogP contribution in [0.5, 0.6) is 0 Å². The number of hydrogen-bond donors (Lipinski definition) is 0. The lowest BCUT2D eigenvalue weighted by Crippen LogP contribution is -2.25. The Kier molecular flexibility index (Phi) is 3.71. The summed E-state index contributed by atoms with van der Waals surface area (Å²) in [4.78, 5) is 21.9. The predicted molar refractivity (Wildman–Crippen MR) is 57.0 cm³/mol. The minimum absolute atomic E-state index is 0.0198. The highest BCUT2D eigenvalue weighted by Crippen LogP contribution is 2.09. The summed E-state index contributed by atoms with van der Waals surface area (Å²) >= 11 is 0. The normalized spacial score (nSPS) is 10.9. The van der Waals surface area contributed by atoms with Crippen LogP contribution < -0.4 is 0 Å². The van der Waals surface area contributed by atoms with E-state index in [4.69, 9.17) is 4.74 Å². The van der Waals surface area contributed by atoms with Crippen LogP contribution in [-0.2, 0) is 16.0 Å². The maximum absolute atomic E-state index is 11.4. The van der Waals surface area contributed by atoms with Gasteiger partial charge in [0, 0.05) is 5.56 Å². The van der Waals surface area contributed by atoms with Crippen LogP contribution in [0.4, 0.5) is 0 Å². The van der Waals surface area contributed by atoms with Gasteiger partial charge in [0.1, 0.15) is 5.60 Å². The van der Waals surface area contributed by atoms with Crippen molar-refractivity contribution in [2.75, 3.05) is 0 Å². The van der Waals surface area contributed by atoms with Crippen LogP contribution >= 0.6 is 0 Å². The van der Waals surface area contributed by atoms with Gasteiger partial charge in [-0.15, -0.1) is 0 Å². The molecule has 86 valence electrons. The van der Waals surface area contributed by atoms with Crippen molar-refractivity contribution in [1.82, 2.24) is 10.2 Å². The second-order valence-corrected chi connectivity index (χ2v) is 4.36. The molecule has 0 aliphatic carbocycles. The number of carbonyl (C=O) groups excluding carboxylic acids is 2. The van der Waals surface area contributed by atoms with Crippen molar-refractivity contribution in [1.29, 1.82) is 0 Å². The summed E-state index contributed by atoms with van der Waals surface area (Å²) in [5.41, 5.74) is 0.305. The van der Waals surface area contributed by atoms with Crippen molar-refractivity contribution in [2.24, 2.45) is 0 Å². The third kappa shape index (κ3) is 4.16. The zero-order valence-electron chi connectivity index (χ0n) is 9.56. The molecular weight excluding hydrogens is 208 g/mol. The van der Waals surface area contributed by atoms with E-state index >= 15 is 0 Å². The second kappa shape index (κ2) is 4.83. The van der Waals surface area contributed by atoms with Crippen molar-refractivity contribution in [3.8, 4) is 0 Å². The maximum atomic E-state index is 11.4. The van der Waals surface area contributed by atoms with Gasteiger partial charge in [0.15, 0.2) is 6.29 Å². The fraction of sp³-hybridized carbons (Fsp3) is 0.455. The summed E-state index contributed by atoms with van der Waals surface area (Å²) in [5.74, 6) is -0.384. The van der Waals surface area contributed by atoms with Gasteiger partial charge in [0.25, 0.3) is 0 Å². The Balaban J connectivity index is 2.66. The smallest absolute Gasteiger partial charge is 0.312 e. The fourth-order valence-electron chi connectivity index (χ4n) is 1.10. The molecule has 0 spiro atoms. The van der Waals surface area contributed by atoms with Gasteiger partial charge in [-0.25, -0.2) is 0 Å². The van der Waals surface area contributed by atoms with Crippen LogP contribution in [0.15, 0.2) is 12.3 Å². The van der Waals surface area contributed by atoms with Gasteiger partial charge in [-0.2, -0.15) is 10.2 Å². The van der Waals surface area contributed by atoms with Crippen LogP contribution in [0, 0.1) is 0 Å². The molecule has 5 nitrogen and oxygen atoms in total. The van der Waals surface area contributed by atoms with E-state index in [0.29, 0.717) is 17.5 Å². The Morgan fingerprint density at radius 2 is 2.19 bits per heavy atom. The Morgan fingerprint density at radius 3 is 2.75 bits per heavy atom. The monoisotopic (exact) mass is 222 g/mol. The molecule has 5 heteroatoms. The van der Waals surface area contributed by atoms with E-state index < -0.39 is 5.60 Å². The highest BCUT2D eigenvalue weighted by atomic mass is 16.6. The molecule has 0 radical (unpaired) electrons. The molecule has 16 heavy (non-hydrogen) atoms. The molecule has 0 atom stereocenters. The van der Waals surface area contributed by atoms with Gasteiger partial charge < -0.3 is 4.74 Å². The molecule has 1 aromatic heterocycles. The quantitative estimate of drug-likeness (QED) is 0.567. The van der Waals surface area contributed by atoms with Gasteiger partial charge in [0.2, 0.25) is 0 Å². The number of nitrogens with zero attached hydrogens (tertiary/aromatic N) is 2. The number of ether oxygens (including phenoxy) is 1. The average molecular weight is 222 g/mol. The van der Waals surface area contributed by atoms with E-state index in [-0.39, 0.29) is 12.4 Å². The number of esters is 1. The van der Waals surface area contributed by atoms with E-state index in [1.54, 1.807) is 20.8 Å². The minimum Gasteiger partial charge on any atom is -0.460 e. The second-order valence-electron chi connectivity index (χ2n) is 4.36. The summed E-state index contributed by atoms with van der Waals surface area (Å²) in [5, 5.41) is 7.36. The molecule has 0 saturated heterocycles. The van der Waals surface area contributed by atoms with Crippen molar-refractivity contribution in [3.63, 3.8) is 0 Å². The molecule has 0 unspecified atom stereocenters. The molecule has 0 aliphatic heterocycles. The fourth-order valence-corrected chi connectivity index (χ4v) is 1.10. The van der Waals surface area contributed by atoms with Gasteiger partial charge in [-0.1, -0.05) is 0 Å². The number of aromatic nitrogens is 2. The zero-order valence-corrected chi connectivity index (χ0v) is 9.56. The van der Waals surface area contributed by atoms with Crippen LogP contribution in [0.3, 0.4) is 0 Å². The molecule has 0 amide bonds. The van der Waals surface area contributed by atoms with Crippen molar-refractivity contribution < 1.29 is 14.3 Å². The SMILES string of the molecule is CC(C)(C)OC(=O)Cc1cc(C=O)cnn1. The molecule has 1 aromatic rings. The largest absolute Gasteiger partial charge is 0.460 e. The minimum atomic E-state index is -0.521. The number of aldehydes is 1. The standard InChI is InChI=1S/C11H14N2O3/c1-11(2,3)16-10(15)5-9-4-8(7-14)6-12-13-9/h4,6-7H,5H2,1-3H3. The Bertz CT molecular complexity index is 396. The molecular formula is C11H14N2O3. The van der Waals surface area contributed by atoms with Gasteiger partial charge in [-0.3, -0.25) is 9.59 Å². The Labute approximate surface area is 93.8 Å². The van der Waals surface area contributed by atoms with Crippen LogP contribution in [0.2, 0.25) is 0 Å². The molecule has 1 rings (SSSR count). The first-order valence-electron chi connectivity index (χ1n) is 4.89. The lowest BCUT2D eigenvalue weighted by atomic mass is 10.2. The first-order chi connectivity index (χ1) is 7.40. The summed E-state index contributed by atoms with van der Waals surface area (Å²) in [6, 6.07) is 1.52. The number of carbonyl (C=O) groups is 2. The third-order valence-corrected chi connectivity index (χ3v) is 1.61. The molecule has 0 N–H and O–H groups in total. The number of rotatable bonds is 3. The maximum Gasteiger partial charge on any atom is 0.312 e.